The van der Waals surface area contributed by atoms with Crippen LogP contribution in [0, 0.1) is 13.8 Å². The first kappa shape index (κ1) is 36.3. The molecule has 0 unspecified atom stereocenters. The number of fused-ring (bicyclic) bond motifs is 4. The molecule has 0 amide bonds. The molecule has 2 aliphatic heterocycles. The highest BCUT2D eigenvalue weighted by atomic mass is 15.2. The zero-order chi connectivity index (χ0) is 40.9. The molecule has 290 valence electrons. The molecule has 0 atom stereocenters. The summed E-state index contributed by atoms with van der Waals surface area (Å²) in [5.74, 6) is 0. The number of para-hydroxylation sites is 4. The zero-order valence-electron chi connectivity index (χ0n) is 34.2. The van der Waals surface area contributed by atoms with Crippen molar-refractivity contribution in [1.82, 2.24) is 0 Å². The third-order valence-electron chi connectivity index (χ3n) is 12.1. The van der Waals surface area contributed by atoms with Crippen LogP contribution in [0.25, 0.3) is 0 Å². The van der Waals surface area contributed by atoms with Crippen LogP contribution in [0.1, 0.15) is 11.1 Å². The maximum Gasteiger partial charge on any atom is 0.252 e. The molecule has 0 saturated carbocycles. The molecular formula is C56H43BN4. The molecule has 9 aromatic rings. The van der Waals surface area contributed by atoms with Crippen molar-refractivity contribution in [2.45, 2.75) is 13.8 Å². The van der Waals surface area contributed by atoms with Crippen molar-refractivity contribution in [1.29, 1.82) is 0 Å². The summed E-state index contributed by atoms with van der Waals surface area (Å²) in [6, 6.07) is 81.8. The van der Waals surface area contributed by atoms with Gasteiger partial charge in [0.15, 0.2) is 0 Å². The van der Waals surface area contributed by atoms with E-state index in [1.54, 1.807) is 0 Å². The number of anilines is 12. The van der Waals surface area contributed by atoms with Gasteiger partial charge in [0.1, 0.15) is 0 Å². The Hall–Kier alpha value is -7.76. The number of hydrogen-bond acceptors (Lipinski definition) is 4. The molecule has 0 aliphatic carbocycles. The van der Waals surface area contributed by atoms with Gasteiger partial charge >= 0.3 is 0 Å². The standard InChI is InChI=1S/C56H43BN4/c1-40-26-30-46(31-27-40)60-52-24-15-25-53-56(52)57(50-36-34-48(38-54(50)60)58(42-16-7-3-8-17-42)43-18-9-4-10-19-43)51-37-35-49(39-55(51)61(53)47-32-28-41(2)29-33-47)59(44-20-11-5-12-21-44)45-22-13-6-14-23-45/h3-39H,1-2H3. The topological polar surface area (TPSA) is 13.0 Å². The maximum absolute atomic E-state index is 2.49. The van der Waals surface area contributed by atoms with Crippen molar-refractivity contribution in [3.8, 4) is 0 Å². The van der Waals surface area contributed by atoms with E-state index in [4.69, 9.17) is 0 Å². The average Bonchev–Trinajstić information content (AvgIpc) is 3.31. The van der Waals surface area contributed by atoms with E-state index in [0.29, 0.717) is 0 Å². The van der Waals surface area contributed by atoms with Gasteiger partial charge in [0.05, 0.1) is 0 Å². The maximum atomic E-state index is 2.49. The second kappa shape index (κ2) is 15.1. The summed E-state index contributed by atoms with van der Waals surface area (Å²) < 4.78 is 0. The minimum Gasteiger partial charge on any atom is -0.311 e. The fourth-order valence-corrected chi connectivity index (χ4v) is 9.33. The van der Waals surface area contributed by atoms with Crippen LogP contribution in [-0.4, -0.2) is 6.71 Å². The summed E-state index contributed by atoms with van der Waals surface area (Å²) in [7, 11) is 0. The van der Waals surface area contributed by atoms with Crippen molar-refractivity contribution >= 4 is 91.3 Å². The lowest BCUT2D eigenvalue weighted by Gasteiger charge is -2.44. The van der Waals surface area contributed by atoms with E-state index in [1.165, 1.54) is 50.3 Å². The van der Waals surface area contributed by atoms with Gasteiger partial charge in [-0.05, 0) is 139 Å². The van der Waals surface area contributed by atoms with Crippen molar-refractivity contribution < 1.29 is 0 Å². The predicted octanol–water partition coefficient (Wildman–Crippen LogP) is 13.3. The van der Waals surface area contributed by atoms with Crippen LogP contribution in [0.2, 0.25) is 0 Å². The van der Waals surface area contributed by atoms with Gasteiger partial charge in [-0.25, -0.2) is 0 Å². The van der Waals surface area contributed by atoms with Gasteiger partial charge < -0.3 is 19.6 Å². The second-order valence-corrected chi connectivity index (χ2v) is 16.0. The zero-order valence-corrected chi connectivity index (χ0v) is 34.2. The Balaban J connectivity index is 1.17. The summed E-state index contributed by atoms with van der Waals surface area (Å²) in [6.45, 7) is 4.29. The van der Waals surface area contributed by atoms with Crippen molar-refractivity contribution in [3.63, 3.8) is 0 Å². The molecule has 0 fully saturated rings. The molecule has 0 radical (unpaired) electrons. The highest BCUT2D eigenvalue weighted by molar-refractivity contribution is 7.00. The lowest BCUT2D eigenvalue weighted by molar-refractivity contribution is 1.23. The Morgan fingerprint density at radius 1 is 0.311 bits per heavy atom. The van der Waals surface area contributed by atoms with Crippen LogP contribution in [0.3, 0.4) is 0 Å². The molecule has 0 saturated heterocycles. The minimum atomic E-state index is -0.0218. The summed E-state index contributed by atoms with van der Waals surface area (Å²) >= 11 is 0. The number of rotatable bonds is 8. The lowest BCUT2D eigenvalue weighted by atomic mass is 9.33. The van der Waals surface area contributed by atoms with Crippen LogP contribution in [-0.2, 0) is 0 Å². The van der Waals surface area contributed by atoms with Gasteiger partial charge in [0, 0.05) is 68.2 Å². The quantitative estimate of drug-likeness (QED) is 0.142. The van der Waals surface area contributed by atoms with Crippen LogP contribution < -0.4 is 36.0 Å². The first-order valence-corrected chi connectivity index (χ1v) is 21.1. The van der Waals surface area contributed by atoms with E-state index in [9.17, 15) is 0 Å². The van der Waals surface area contributed by atoms with Gasteiger partial charge in [-0.2, -0.15) is 0 Å². The molecule has 4 nitrogen and oxygen atoms in total. The molecule has 11 rings (SSSR count). The summed E-state index contributed by atoms with van der Waals surface area (Å²) in [6.07, 6.45) is 0. The van der Waals surface area contributed by atoms with Crippen LogP contribution in [0.4, 0.5) is 68.2 Å². The molecule has 61 heavy (non-hydrogen) atoms. The third-order valence-corrected chi connectivity index (χ3v) is 12.1. The smallest absolute Gasteiger partial charge is 0.252 e. The predicted molar refractivity (Wildman–Crippen MR) is 259 cm³/mol. The normalized spacial score (nSPS) is 12.3. The molecule has 5 heteroatoms. The Bertz CT molecular complexity index is 2710. The van der Waals surface area contributed by atoms with Crippen LogP contribution in [0.5, 0.6) is 0 Å². The van der Waals surface area contributed by atoms with Crippen molar-refractivity contribution in [2.75, 3.05) is 19.6 Å². The molecule has 0 aromatic heterocycles. The largest absolute Gasteiger partial charge is 0.311 e. The van der Waals surface area contributed by atoms with Crippen molar-refractivity contribution in [2.24, 2.45) is 0 Å². The third kappa shape index (κ3) is 6.34. The number of hydrogen-bond donors (Lipinski definition) is 0. The highest BCUT2D eigenvalue weighted by Crippen LogP contribution is 2.47. The first-order valence-electron chi connectivity index (χ1n) is 21.1. The molecule has 0 N–H and O–H groups in total. The van der Waals surface area contributed by atoms with E-state index in [0.717, 1.165) is 45.5 Å². The Morgan fingerprint density at radius 2 is 0.656 bits per heavy atom. The van der Waals surface area contributed by atoms with Gasteiger partial charge in [-0.3, -0.25) is 0 Å². The van der Waals surface area contributed by atoms with Gasteiger partial charge in [0.2, 0.25) is 0 Å². The highest BCUT2D eigenvalue weighted by Gasteiger charge is 2.43. The second-order valence-electron chi connectivity index (χ2n) is 16.0. The average molecular weight is 783 g/mol. The summed E-state index contributed by atoms with van der Waals surface area (Å²) in [5, 5.41) is 0. The van der Waals surface area contributed by atoms with Gasteiger partial charge in [-0.15, -0.1) is 0 Å². The van der Waals surface area contributed by atoms with E-state index in [-0.39, 0.29) is 6.71 Å². The summed E-state index contributed by atoms with van der Waals surface area (Å²) in [4.78, 5) is 9.70. The molecule has 2 heterocycles. The van der Waals surface area contributed by atoms with Crippen LogP contribution in [0.15, 0.2) is 224 Å². The van der Waals surface area contributed by atoms with E-state index < -0.39 is 0 Å². The monoisotopic (exact) mass is 782 g/mol. The fourth-order valence-electron chi connectivity index (χ4n) is 9.33. The number of aryl methyl sites for hydroxylation is 2. The molecule has 0 bridgehead atoms. The molecule has 9 aromatic carbocycles. The van der Waals surface area contributed by atoms with E-state index >= 15 is 0 Å². The van der Waals surface area contributed by atoms with Crippen LogP contribution >= 0.6 is 0 Å². The fraction of sp³-hybridized carbons (Fsp3) is 0.0357. The molecule has 2 aliphatic rings. The first-order chi connectivity index (χ1) is 30.1. The summed E-state index contributed by atoms with van der Waals surface area (Å²) in [5.41, 5.74) is 19.9. The van der Waals surface area contributed by atoms with Gasteiger partial charge in [-0.1, -0.05) is 126 Å². The number of benzene rings is 9. The Labute approximate surface area is 358 Å². The molecular weight excluding hydrogens is 739 g/mol. The SMILES string of the molecule is Cc1ccc(N2c3cc(N(c4ccccc4)c4ccccc4)ccc3B3c4ccc(N(c5ccccc5)c5ccccc5)cc4N(c4ccc(C)cc4)c4cccc2c43)cc1. The van der Waals surface area contributed by atoms with Gasteiger partial charge in [0.25, 0.3) is 6.71 Å². The van der Waals surface area contributed by atoms with E-state index in [1.807, 2.05) is 0 Å². The number of nitrogens with zero attached hydrogens (tertiary/aromatic N) is 4. The van der Waals surface area contributed by atoms with Crippen molar-refractivity contribution in [3.05, 3.63) is 236 Å². The minimum absolute atomic E-state index is 0.0218. The Morgan fingerprint density at radius 3 is 1.00 bits per heavy atom. The molecule has 0 spiro atoms. The van der Waals surface area contributed by atoms with E-state index in [2.05, 4.69) is 258 Å². The Kier molecular flexibility index (Phi) is 9.01. The lowest BCUT2D eigenvalue weighted by Crippen LogP contribution is -2.61.